The molecule has 0 aromatic heterocycles. The maximum absolute atomic E-state index is 12.8. The number of piperidine rings is 1. The quantitative estimate of drug-likeness (QED) is 0.553. The number of ether oxygens (including phenoxy) is 2. The standard InChI is InChI=1S/C26H29N3O5S/c1-17(25(31)32)34-21-12-7-18(15-22(21)33-3)16-23-24(30)28(2)26(35-23)27-19-8-10-20(11-9-19)29-13-5-4-6-14-29/h7-12,15-17H,4-6,13-14H2,1-3H3,(H,31,32)/b23-16-,27-26?/t17-/m0/s1. The zero-order valence-corrected chi connectivity index (χ0v) is 20.9. The zero-order chi connectivity index (χ0) is 24.9. The topological polar surface area (TPSA) is 91.7 Å². The van der Waals surface area contributed by atoms with Crippen LogP contribution in [0.15, 0.2) is 52.4 Å². The first-order valence-electron chi connectivity index (χ1n) is 11.5. The van der Waals surface area contributed by atoms with Crippen LogP contribution in [0.4, 0.5) is 11.4 Å². The lowest BCUT2D eigenvalue weighted by Gasteiger charge is -2.28. The largest absolute Gasteiger partial charge is 0.493 e. The van der Waals surface area contributed by atoms with Crippen LogP contribution in [0.2, 0.25) is 0 Å². The lowest BCUT2D eigenvalue weighted by molar-refractivity contribution is -0.144. The first-order valence-corrected chi connectivity index (χ1v) is 12.4. The number of carboxylic acid groups (broad SMARTS) is 1. The molecule has 4 rings (SSSR count). The summed E-state index contributed by atoms with van der Waals surface area (Å²) in [6.45, 7) is 3.63. The third kappa shape index (κ3) is 5.79. The van der Waals surface area contributed by atoms with Gasteiger partial charge in [-0.25, -0.2) is 9.79 Å². The molecule has 0 aliphatic carbocycles. The number of amides is 1. The van der Waals surface area contributed by atoms with Gasteiger partial charge in [0.15, 0.2) is 22.8 Å². The molecule has 184 valence electrons. The molecule has 0 unspecified atom stereocenters. The van der Waals surface area contributed by atoms with E-state index < -0.39 is 12.1 Å². The summed E-state index contributed by atoms with van der Waals surface area (Å²) in [5, 5.41) is 9.68. The smallest absolute Gasteiger partial charge is 0.344 e. The minimum Gasteiger partial charge on any atom is -0.493 e. The molecule has 1 amide bonds. The average molecular weight is 496 g/mol. The number of thioether (sulfide) groups is 1. The monoisotopic (exact) mass is 495 g/mol. The second kappa shape index (κ2) is 10.9. The van der Waals surface area contributed by atoms with Gasteiger partial charge in [-0.15, -0.1) is 0 Å². The fourth-order valence-electron chi connectivity index (χ4n) is 3.92. The van der Waals surface area contributed by atoms with Crippen LogP contribution in [-0.4, -0.2) is 60.4 Å². The summed E-state index contributed by atoms with van der Waals surface area (Å²) in [6, 6.07) is 13.2. The van der Waals surface area contributed by atoms with Crippen molar-refractivity contribution in [2.75, 3.05) is 32.1 Å². The molecule has 0 saturated carbocycles. The molecular formula is C26H29N3O5S. The molecule has 2 heterocycles. The summed E-state index contributed by atoms with van der Waals surface area (Å²) in [6.07, 6.45) is 4.50. The SMILES string of the molecule is COc1cc(/C=C2\SC(=Nc3ccc(N4CCCCC4)cc3)N(C)C2=O)ccc1O[C@@H](C)C(=O)O. The second-order valence-electron chi connectivity index (χ2n) is 8.44. The number of rotatable bonds is 7. The van der Waals surface area contributed by atoms with Crippen molar-refractivity contribution in [3.05, 3.63) is 52.9 Å². The third-order valence-corrected chi connectivity index (χ3v) is 7.00. The highest BCUT2D eigenvalue weighted by Gasteiger charge is 2.30. The van der Waals surface area contributed by atoms with E-state index in [9.17, 15) is 9.59 Å². The Morgan fingerprint density at radius 3 is 2.49 bits per heavy atom. The van der Waals surface area contributed by atoms with Gasteiger partial charge in [-0.3, -0.25) is 9.69 Å². The van der Waals surface area contributed by atoms with E-state index in [4.69, 9.17) is 14.6 Å². The van der Waals surface area contributed by atoms with Crippen molar-refractivity contribution in [2.24, 2.45) is 4.99 Å². The third-order valence-electron chi connectivity index (χ3n) is 5.94. The minimum atomic E-state index is -1.07. The van der Waals surface area contributed by atoms with Crippen LogP contribution in [0, 0.1) is 0 Å². The fourth-order valence-corrected chi connectivity index (χ4v) is 4.90. The van der Waals surface area contributed by atoms with Gasteiger partial charge in [0, 0.05) is 25.8 Å². The summed E-state index contributed by atoms with van der Waals surface area (Å²) in [4.78, 5) is 33.1. The molecule has 1 N–H and O–H groups in total. The van der Waals surface area contributed by atoms with Gasteiger partial charge in [0.05, 0.1) is 17.7 Å². The number of carbonyl (C=O) groups is 2. The molecule has 1 atom stereocenters. The first kappa shape index (κ1) is 24.7. The van der Waals surface area contributed by atoms with Crippen molar-refractivity contribution in [1.82, 2.24) is 4.90 Å². The first-order chi connectivity index (χ1) is 16.9. The fraction of sp³-hybridized carbons (Fsp3) is 0.346. The minimum absolute atomic E-state index is 0.141. The van der Waals surface area contributed by atoms with Crippen molar-refractivity contribution in [3.8, 4) is 11.5 Å². The molecule has 0 bridgehead atoms. The number of aliphatic imine (C=N–C) groups is 1. The number of hydrogen-bond donors (Lipinski definition) is 1. The Morgan fingerprint density at radius 2 is 1.83 bits per heavy atom. The van der Waals surface area contributed by atoms with Gasteiger partial charge in [-0.2, -0.15) is 0 Å². The number of amidine groups is 1. The molecule has 0 radical (unpaired) electrons. The normalized spacial score (nSPS) is 19.3. The van der Waals surface area contributed by atoms with Crippen LogP contribution in [0.1, 0.15) is 31.7 Å². The lowest BCUT2D eigenvalue weighted by atomic mass is 10.1. The Hall–Kier alpha value is -3.46. The van der Waals surface area contributed by atoms with Crippen LogP contribution in [-0.2, 0) is 9.59 Å². The Balaban J connectivity index is 1.50. The Kier molecular flexibility index (Phi) is 7.65. The number of methoxy groups -OCH3 is 1. The Labute approximate surface area is 209 Å². The van der Waals surface area contributed by atoms with Crippen LogP contribution in [0.5, 0.6) is 11.5 Å². The van der Waals surface area contributed by atoms with Gasteiger partial charge in [0.2, 0.25) is 0 Å². The van der Waals surface area contributed by atoms with Gasteiger partial charge in [-0.1, -0.05) is 6.07 Å². The van der Waals surface area contributed by atoms with Crippen molar-refractivity contribution < 1.29 is 24.2 Å². The number of aliphatic carboxylic acids is 1. The van der Waals surface area contributed by atoms with E-state index in [1.807, 2.05) is 12.1 Å². The van der Waals surface area contributed by atoms with Crippen LogP contribution < -0.4 is 14.4 Å². The summed E-state index contributed by atoms with van der Waals surface area (Å²) in [5.74, 6) is -0.499. The van der Waals surface area contributed by atoms with E-state index >= 15 is 0 Å². The molecule has 35 heavy (non-hydrogen) atoms. The van der Waals surface area contributed by atoms with Crippen LogP contribution in [0.25, 0.3) is 6.08 Å². The molecule has 2 aliphatic heterocycles. The number of hydrogen-bond acceptors (Lipinski definition) is 7. The van der Waals surface area contributed by atoms with E-state index in [-0.39, 0.29) is 5.91 Å². The summed E-state index contributed by atoms with van der Waals surface area (Å²) in [7, 11) is 3.19. The van der Waals surface area contributed by atoms with Crippen LogP contribution in [0.3, 0.4) is 0 Å². The van der Waals surface area contributed by atoms with Gasteiger partial charge in [0.25, 0.3) is 5.91 Å². The van der Waals surface area contributed by atoms with E-state index in [0.29, 0.717) is 21.6 Å². The number of carboxylic acids is 1. The lowest BCUT2D eigenvalue weighted by Crippen LogP contribution is -2.29. The van der Waals surface area contributed by atoms with Gasteiger partial charge in [0.1, 0.15) is 0 Å². The maximum atomic E-state index is 12.8. The average Bonchev–Trinajstić information content (AvgIpc) is 3.13. The predicted molar refractivity (Wildman–Crippen MR) is 139 cm³/mol. The summed E-state index contributed by atoms with van der Waals surface area (Å²) >= 11 is 1.31. The highest BCUT2D eigenvalue weighted by molar-refractivity contribution is 8.18. The van der Waals surface area contributed by atoms with Gasteiger partial charge in [-0.05, 0) is 86.0 Å². The summed E-state index contributed by atoms with van der Waals surface area (Å²) in [5.41, 5.74) is 2.73. The van der Waals surface area contributed by atoms with E-state index in [1.54, 1.807) is 31.3 Å². The van der Waals surface area contributed by atoms with Crippen molar-refractivity contribution in [1.29, 1.82) is 0 Å². The predicted octanol–water partition coefficient (Wildman–Crippen LogP) is 4.77. The molecule has 2 aromatic rings. The molecule has 8 nitrogen and oxygen atoms in total. The Bertz CT molecular complexity index is 1160. The molecule has 0 spiro atoms. The molecule has 2 fully saturated rings. The van der Waals surface area contributed by atoms with Crippen LogP contribution >= 0.6 is 11.8 Å². The van der Waals surface area contributed by atoms with Gasteiger partial charge >= 0.3 is 5.97 Å². The molecule has 2 aliphatic rings. The molecule has 2 aromatic carbocycles. The number of anilines is 1. The number of carbonyl (C=O) groups excluding carboxylic acids is 1. The highest BCUT2D eigenvalue weighted by atomic mass is 32.2. The molecular weight excluding hydrogens is 466 g/mol. The molecule has 2 saturated heterocycles. The van der Waals surface area contributed by atoms with Crippen molar-refractivity contribution in [3.63, 3.8) is 0 Å². The molecule has 9 heteroatoms. The number of nitrogens with zero attached hydrogens (tertiary/aromatic N) is 3. The Morgan fingerprint density at radius 1 is 1.11 bits per heavy atom. The zero-order valence-electron chi connectivity index (χ0n) is 20.1. The van der Waals surface area contributed by atoms with E-state index in [1.165, 1.54) is 55.6 Å². The van der Waals surface area contributed by atoms with E-state index in [0.717, 1.165) is 24.3 Å². The number of likely N-dealkylation sites (N-methyl/N-ethyl adjacent to an activating group) is 1. The van der Waals surface area contributed by atoms with Crippen molar-refractivity contribution >= 4 is 46.3 Å². The second-order valence-corrected chi connectivity index (χ2v) is 9.45. The van der Waals surface area contributed by atoms with Gasteiger partial charge < -0.3 is 19.5 Å². The number of benzene rings is 2. The van der Waals surface area contributed by atoms with E-state index in [2.05, 4.69) is 22.0 Å². The van der Waals surface area contributed by atoms with Crippen molar-refractivity contribution in [2.45, 2.75) is 32.3 Å². The summed E-state index contributed by atoms with van der Waals surface area (Å²) < 4.78 is 10.8. The maximum Gasteiger partial charge on any atom is 0.344 e. The highest BCUT2D eigenvalue weighted by Crippen LogP contribution is 2.35.